The molecule has 0 spiro atoms. The molecule has 4 aromatic rings. The van der Waals surface area contributed by atoms with Gasteiger partial charge in [0.25, 0.3) is 0 Å². The quantitative estimate of drug-likeness (QED) is 0.282. The Kier molecular flexibility index (Phi) is 12.3. The van der Waals surface area contributed by atoms with E-state index in [0.29, 0.717) is 10.6 Å². The molecule has 0 saturated heterocycles. The van der Waals surface area contributed by atoms with Crippen molar-refractivity contribution in [1.29, 1.82) is 0 Å². The molecular weight excluding hydrogens is 487 g/mol. The molecule has 176 valence electrons. The summed E-state index contributed by atoms with van der Waals surface area (Å²) in [6.45, 7) is 2.13. The molecule has 34 heavy (non-hydrogen) atoms. The fourth-order valence-electron chi connectivity index (χ4n) is 2.62. The number of carboxylic acids is 1. The van der Waals surface area contributed by atoms with Gasteiger partial charge in [0.1, 0.15) is 0 Å². The normalized spacial score (nSPS) is 10.7. The van der Waals surface area contributed by atoms with Crippen molar-refractivity contribution in [2.75, 3.05) is 0 Å². The summed E-state index contributed by atoms with van der Waals surface area (Å²) in [4.78, 5) is 12.9. The van der Waals surface area contributed by atoms with Crippen molar-refractivity contribution in [1.82, 2.24) is 0 Å². The Labute approximate surface area is 215 Å². The van der Waals surface area contributed by atoms with Crippen LogP contribution in [0.15, 0.2) is 119 Å². The predicted octanol–water partition coefficient (Wildman–Crippen LogP) is 8.20. The van der Waals surface area contributed by atoms with E-state index in [1.807, 2.05) is 36.4 Å². The Bertz CT molecular complexity index is 1070. The van der Waals surface area contributed by atoms with E-state index in [2.05, 4.69) is 55.5 Å². The summed E-state index contributed by atoms with van der Waals surface area (Å²) >= 11 is 13.0. The minimum Gasteiger partial charge on any atom is -0.479 e. The molecule has 0 heterocycles. The number of carbonyl (C=O) groups is 1. The smallest absolute Gasteiger partial charge is 0.337 e. The number of aryl methyl sites for hydroxylation is 1. The Hall–Kier alpha value is -2.76. The van der Waals surface area contributed by atoms with Crippen molar-refractivity contribution < 1.29 is 15.0 Å². The van der Waals surface area contributed by atoms with E-state index in [-0.39, 0.29) is 0 Å². The molecule has 0 aliphatic rings. The lowest BCUT2D eigenvalue weighted by molar-refractivity contribution is -0.146. The zero-order valence-electron chi connectivity index (χ0n) is 18.6. The monoisotopic (exact) mass is 512 g/mol. The maximum absolute atomic E-state index is 10.3. The second kappa shape index (κ2) is 15.2. The van der Waals surface area contributed by atoms with Crippen molar-refractivity contribution in [2.45, 2.75) is 29.2 Å². The lowest BCUT2D eigenvalue weighted by Crippen LogP contribution is -2.09. The first-order valence-corrected chi connectivity index (χ1v) is 12.1. The lowest BCUT2D eigenvalue weighted by atomic mass is 10.1. The average Bonchev–Trinajstić information content (AvgIpc) is 2.86. The molecule has 6 heteroatoms. The Morgan fingerprint density at radius 2 is 1.15 bits per heavy atom. The number of hydrogen-bond donors (Lipinski definition) is 2. The summed E-state index contributed by atoms with van der Waals surface area (Å²) in [7, 11) is 0. The third-order valence-electron chi connectivity index (χ3n) is 4.46. The fraction of sp³-hybridized carbons (Fsp3) is 0.107. The van der Waals surface area contributed by atoms with Gasteiger partial charge in [-0.15, -0.1) is 0 Å². The number of aliphatic hydroxyl groups is 1. The topological polar surface area (TPSA) is 57.5 Å². The van der Waals surface area contributed by atoms with Gasteiger partial charge in [-0.25, -0.2) is 4.79 Å². The van der Waals surface area contributed by atoms with Crippen molar-refractivity contribution in [3.63, 3.8) is 0 Å². The summed E-state index contributed by atoms with van der Waals surface area (Å²) in [5, 5.41) is 18.8. The third kappa shape index (κ3) is 10.4. The lowest BCUT2D eigenvalue weighted by Gasteiger charge is -2.04. The standard InChI is InChI=1S/C12H10S.C8H7ClO3.C8H9Cl/c1-3-7-11(8-4-1)13-12-9-5-2-6-10-12;9-6-3-1-5(2-4-6)7(10)8(11)12;1-2-7-3-5-8(9)6-4-7/h1-10H;1-4,7,10H,(H,11,12);3-6H,2H2,1H3. The number of carboxylic acid groups (broad SMARTS) is 1. The summed E-state index contributed by atoms with van der Waals surface area (Å²) in [5.74, 6) is -1.27. The van der Waals surface area contributed by atoms with Crippen LogP contribution >= 0.6 is 35.0 Å². The molecule has 0 aromatic heterocycles. The molecule has 4 aromatic carbocycles. The van der Waals surface area contributed by atoms with Gasteiger partial charge in [-0.2, -0.15) is 0 Å². The van der Waals surface area contributed by atoms with Gasteiger partial charge in [0, 0.05) is 19.8 Å². The molecule has 0 amide bonds. The summed E-state index contributed by atoms with van der Waals surface area (Å²) in [6.07, 6.45) is -0.390. The predicted molar refractivity (Wildman–Crippen MR) is 142 cm³/mol. The Morgan fingerprint density at radius 3 is 1.53 bits per heavy atom. The molecule has 0 saturated carbocycles. The van der Waals surface area contributed by atoms with Gasteiger partial charge in [0.05, 0.1) is 0 Å². The minimum absolute atomic E-state index is 0.326. The van der Waals surface area contributed by atoms with Gasteiger partial charge < -0.3 is 10.2 Å². The van der Waals surface area contributed by atoms with E-state index in [9.17, 15) is 4.79 Å². The molecule has 1 atom stereocenters. The minimum atomic E-state index is -1.47. The number of aliphatic carboxylic acids is 1. The van der Waals surface area contributed by atoms with Crippen molar-refractivity contribution in [3.05, 3.63) is 130 Å². The van der Waals surface area contributed by atoms with Crippen LogP contribution in [0.2, 0.25) is 10.0 Å². The zero-order chi connectivity index (χ0) is 24.8. The molecule has 0 bridgehead atoms. The van der Waals surface area contributed by atoms with E-state index in [0.717, 1.165) is 11.4 Å². The fourth-order valence-corrected chi connectivity index (χ4v) is 3.73. The van der Waals surface area contributed by atoms with E-state index in [1.54, 1.807) is 11.8 Å². The van der Waals surface area contributed by atoms with Crippen LogP contribution in [0.1, 0.15) is 24.2 Å². The Balaban J connectivity index is 0.000000183. The third-order valence-corrected chi connectivity index (χ3v) is 5.98. The SMILES string of the molecule is CCc1ccc(Cl)cc1.O=C(O)C(O)c1ccc(Cl)cc1.c1ccc(Sc2ccccc2)cc1. The second-order valence-corrected chi connectivity index (χ2v) is 9.02. The number of halogens is 2. The first-order valence-electron chi connectivity index (χ1n) is 10.6. The van der Waals surface area contributed by atoms with Crippen LogP contribution in [-0.2, 0) is 11.2 Å². The summed E-state index contributed by atoms with van der Waals surface area (Å²) < 4.78 is 0. The van der Waals surface area contributed by atoms with Crippen molar-refractivity contribution in [3.8, 4) is 0 Å². The van der Waals surface area contributed by atoms with Crippen LogP contribution in [0.4, 0.5) is 0 Å². The van der Waals surface area contributed by atoms with Gasteiger partial charge >= 0.3 is 5.97 Å². The molecular formula is C28H26Cl2O3S. The zero-order valence-corrected chi connectivity index (χ0v) is 21.0. The maximum atomic E-state index is 10.3. The maximum Gasteiger partial charge on any atom is 0.337 e. The second-order valence-electron chi connectivity index (χ2n) is 7.00. The van der Waals surface area contributed by atoms with Gasteiger partial charge in [0.2, 0.25) is 0 Å². The highest BCUT2D eigenvalue weighted by atomic mass is 35.5. The van der Waals surface area contributed by atoms with Crippen molar-refractivity contribution in [2.24, 2.45) is 0 Å². The largest absolute Gasteiger partial charge is 0.479 e. The number of aliphatic hydroxyl groups excluding tert-OH is 1. The summed E-state index contributed by atoms with van der Waals surface area (Å²) in [6, 6.07) is 34.7. The number of rotatable bonds is 5. The first-order chi connectivity index (χ1) is 16.4. The van der Waals surface area contributed by atoms with Crippen molar-refractivity contribution >= 4 is 40.9 Å². The Morgan fingerprint density at radius 1 is 0.735 bits per heavy atom. The first kappa shape index (κ1) is 27.5. The van der Waals surface area contributed by atoms with E-state index in [4.69, 9.17) is 33.4 Å². The number of benzene rings is 4. The molecule has 1 unspecified atom stereocenters. The van der Waals surface area contributed by atoms with Crippen LogP contribution in [-0.4, -0.2) is 16.2 Å². The molecule has 0 fully saturated rings. The van der Waals surface area contributed by atoms with Gasteiger partial charge in [0.15, 0.2) is 6.10 Å². The van der Waals surface area contributed by atoms with Crippen LogP contribution in [0.5, 0.6) is 0 Å². The summed E-state index contributed by atoms with van der Waals surface area (Å²) in [5.41, 5.74) is 1.66. The average molecular weight is 513 g/mol. The molecule has 0 aliphatic carbocycles. The van der Waals surface area contributed by atoms with E-state index >= 15 is 0 Å². The number of hydrogen-bond acceptors (Lipinski definition) is 3. The van der Waals surface area contributed by atoms with Crippen LogP contribution < -0.4 is 0 Å². The molecule has 0 aliphatic heterocycles. The van der Waals surface area contributed by atoms with Gasteiger partial charge in [-0.3, -0.25) is 0 Å². The van der Waals surface area contributed by atoms with Gasteiger partial charge in [-0.1, -0.05) is 103 Å². The van der Waals surface area contributed by atoms with Gasteiger partial charge in [-0.05, 0) is 66.1 Å². The molecule has 3 nitrogen and oxygen atoms in total. The molecule has 4 rings (SSSR count). The highest BCUT2D eigenvalue weighted by Crippen LogP contribution is 2.26. The highest BCUT2D eigenvalue weighted by Gasteiger charge is 2.14. The van der Waals surface area contributed by atoms with Crippen LogP contribution in [0.25, 0.3) is 0 Å². The van der Waals surface area contributed by atoms with E-state index in [1.165, 1.54) is 39.6 Å². The molecule has 2 N–H and O–H groups in total. The highest BCUT2D eigenvalue weighted by molar-refractivity contribution is 7.99. The molecule has 0 radical (unpaired) electrons. The van der Waals surface area contributed by atoms with Crippen LogP contribution in [0.3, 0.4) is 0 Å². The van der Waals surface area contributed by atoms with E-state index < -0.39 is 12.1 Å². The van der Waals surface area contributed by atoms with Crippen LogP contribution in [0, 0.1) is 0 Å².